The molecule has 14 heavy (non-hydrogen) atoms. The molecular formula is C9H11N3O2. The monoisotopic (exact) mass is 193 g/mol. The molecule has 0 aliphatic rings. The van der Waals surface area contributed by atoms with Crippen molar-refractivity contribution >= 4 is 11.0 Å². The number of nitrogens with two attached hydrogens (primary N) is 1. The second-order valence-corrected chi connectivity index (χ2v) is 2.98. The molecule has 0 amide bonds. The van der Waals surface area contributed by atoms with Crippen molar-refractivity contribution < 1.29 is 4.74 Å². The molecule has 1 aromatic carbocycles. The lowest BCUT2D eigenvalue weighted by Crippen LogP contribution is -2.11. The van der Waals surface area contributed by atoms with Crippen molar-refractivity contribution in [1.29, 1.82) is 0 Å². The first-order valence-corrected chi connectivity index (χ1v) is 4.24. The zero-order valence-corrected chi connectivity index (χ0v) is 7.78. The topological polar surface area (TPSA) is 73.0 Å². The van der Waals surface area contributed by atoms with Crippen molar-refractivity contribution in [2.75, 3.05) is 6.73 Å². The van der Waals surface area contributed by atoms with Crippen LogP contribution in [0.5, 0.6) is 5.75 Å². The van der Waals surface area contributed by atoms with Gasteiger partial charge < -0.3 is 9.72 Å². The average molecular weight is 193 g/mol. The van der Waals surface area contributed by atoms with Crippen molar-refractivity contribution in [1.82, 2.24) is 9.55 Å². The summed E-state index contributed by atoms with van der Waals surface area (Å²) in [7, 11) is 1.71. The number of imidazole rings is 1. The van der Waals surface area contributed by atoms with E-state index in [1.54, 1.807) is 23.7 Å². The molecule has 0 saturated heterocycles. The molecule has 0 radical (unpaired) electrons. The molecule has 0 atom stereocenters. The average Bonchev–Trinajstić information content (AvgIpc) is 2.43. The Balaban J connectivity index is 2.61. The largest absolute Gasteiger partial charge is 0.479 e. The molecule has 0 fully saturated rings. The number of aryl methyl sites for hydroxylation is 1. The third-order valence-electron chi connectivity index (χ3n) is 2.13. The first-order valence-electron chi connectivity index (χ1n) is 4.24. The number of rotatable bonds is 2. The summed E-state index contributed by atoms with van der Waals surface area (Å²) < 4.78 is 6.65. The van der Waals surface area contributed by atoms with Crippen LogP contribution in [0.2, 0.25) is 0 Å². The minimum absolute atomic E-state index is 0.128. The van der Waals surface area contributed by atoms with Crippen LogP contribution in [0.1, 0.15) is 0 Å². The van der Waals surface area contributed by atoms with Gasteiger partial charge in [0.15, 0.2) is 0 Å². The molecule has 0 unspecified atom stereocenters. The summed E-state index contributed by atoms with van der Waals surface area (Å²) in [6.07, 6.45) is 0. The number of aromatic amines is 1. The molecular weight excluding hydrogens is 182 g/mol. The minimum Gasteiger partial charge on any atom is -0.479 e. The Labute approximate surface area is 80.1 Å². The van der Waals surface area contributed by atoms with Gasteiger partial charge in [-0.05, 0) is 12.1 Å². The van der Waals surface area contributed by atoms with E-state index in [4.69, 9.17) is 10.5 Å². The van der Waals surface area contributed by atoms with Gasteiger partial charge in [0.1, 0.15) is 12.5 Å². The normalized spacial score (nSPS) is 10.7. The van der Waals surface area contributed by atoms with Gasteiger partial charge in [-0.2, -0.15) is 0 Å². The lowest BCUT2D eigenvalue weighted by molar-refractivity contribution is 0.330. The van der Waals surface area contributed by atoms with Gasteiger partial charge in [0.2, 0.25) is 0 Å². The maximum absolute atomic E-state index is 11.2. The molecule has 1 aromatic heterocycles. The minimum atomic E-state index is -0.134. The van der Waals surface area contributed by atoms with E-state index < -0.39 is 0 Å². The molecule has 2 aromatic rings. The number of ether oxygens (including phenoxy) is 1. The molecule has 0 aliphatic carbocycles. The fourth-order valence-corrected chi connectivity index (χ4v) is 1.40. The number of benzene rings is 1. The number of fused-ring (bicyclic) bond motifs is 1. The van der Waals surface area contributed by atoms with Crippen molar-refractivity contribution in [2.45, 2.75) is 0 Å². The van der Waals surface area contributed by atoms with Crippen LogP contribution in [0.15, 0.2) is 23.0 Å². The fraction of sp³-hybridized carbons (Fsp3) is 0.222. The maximum atomic E-state index is 11.2. The predicted molar refractivity (Wildman–Crippen MR) is 53.2 cm³/mol. The lowest BCUT2D eigenvalue weighted by Gasteiger charge is -2.01. The Morgan fingerprint density at radius 2 is 2.36 bits per heavy atom. The van der Waals surface area contributed by atoms with Gasteiger partial charge in [0.05, 0.1) is 11.0 Å². The van der Waals surface area contributed by atoms with E-state index in [2.05, 4.69) is 4.98 Å². The highest BCUT2D eigenvalue weighted by Gasteiger charge is 2.03. The number of hydrogen-bond donors (Lipinski definition) is 2. The lowest BCUT2D eigenvalue weighted by atomic mass is 10.3. The third kappa shape index (κ3) is 1.27. The highest BCUT2D eigenvalue weighted by molar-refractivity contribution is 5.76. The van der Waals surface area contributed by atoms with Crippen molar-refractivity contribution in [3.8, 4) is 5.75 Å². The summed E-state index contributed by atoms with van der Waals surface area (Å²) in [5.74, 6) is 0.654. The van der Waals surface area contributed by atoms with Crippen LogP contribution in [0.3, 0.4) is 0 Å². The molecule has 3 N–H and O–H groups in total. The van der Waals surface area contributed by atoms with Gasteiger partial charge in [-0.15, -0.1) is 0 Å². The zero-order valence-electron chi connectivity index (χ0n) is 7.78. The van der Waals surface area contributed by atoms with Gasteiger partial charge in [0, 0.05) is 13.1 Å². The van der Waals surface area contributed by atoms with Crippen LogP contribution < -0.4 is 16.2 Å². The van der Waals surface area contributed by atoms with Crippen molar-refractivity contribution in [3.05, 3.63) is 28.7 Å². The Bertz CT molecular complexity index is 512. The van der Waals surface area contributed by atoms with Crippen LogP contribution in [0.4, 0.5) is 0 Å². The number of nitrogens with zero attached hydrogens (tertiary/aromatic N) is 1. The standard InChI is InChI=1S/C9H11N3O2/c1-12-8-3-2-6(14-5-10)4-7(8)11-9(12)13/h2-4H,5,10H2,1H3,(H,11,13). The van der Waals surface area contributed by atoms with E-state index in [1.165, 1.54) is 0 Å². The zero-order chi connectivity index (χ0) is 10.1. The number of nitrogens with one attached hydrogen (secondary N) is 1. The molecule has 2 rings (SSSR count). The van der Waals surface area contributed by atoms with E-state index >= 15 is 0 Å². The molecule has 0 saturated carbocycles. The molecule has 0 bridgehead atoms. The second kappa shape index (κ2) is 3.19. The first-order chi connectivity index (χ1) is 6.72. The molecule has 5 nitrogen and oxygen atoms in total. The summed E-state index contributed by atoms with van der Waals surface area (Å²) in [5, 5.41) is 0. The quantitative estimate of drug-likeness (QED) is 0.667. The summed E-state index contributed by atoms with van der Waals surface area (Å²) in [5.41, 5.74) is 6.71. The highest BCUT2D eigenvalue weighted by Crippen LogP contribution is 2.17. The first kappa shape index (κ1) is 8.83. The second-order valence-electron chi connectivity index (χ2n) is 2.98. The number of hydrogen-bond acceptors (Lipinski definition) is 3. The van der Waals surface area contributed by atoms with E-state index in [0.717, 1.165) is 11.0 Å². The predicted octanol–water partition coefficient (Wildman–Crippen LogP) is 0.162. The van der Waals surface area contributed by atoms with Crippen LogP contribution in [0, 0.1) is 0 Å². The highest BCUT2D eigenvalue weighted by atomic mass is 16.5. The molecule has 5 heteroatoms. The van der Waals surface area contributed by atoms with Gasteiger partial charge in [0.25, 0.3) is 0 Å². The van der Waals surface area contributed by atoms with Gasteiger partial charge in [-0.1, -0.05) is 0 Å². The molecule has 1 heterocycles. The van der Waals surface area contributed by atoms with Gasteiger partial charge in [-0.3, -0.25) is 10.3 Å². The smallest absolute Gasteiger partial charge is 0.326 e. The summed E-state index contributed by atoms with van der Waals surface area (Å²) in [6.45, 7) is 0.128. The van der Waals surface area contributed by atoms with E-state index in [0.29, 0.717) is 5.75 Å². The summed E-state index contributed by atoms with van der Waals surface area (Å²) in [4.78, 5) is 14.0. The van der Waals surface area contributed by atoms with E-state index in [9.17, 15) is 4.79 Å². The summed E-state index contributed by atoms with van der Waals surface area (Å²) >= 11 is 0. The Morgan fingerprint density at radius 3 is 3.07 bits per heavy atom. The van der Waals surface area contributed by atoms with Crippen LogP contribution in [-0.4, -0.2) is 16.3 Å². The SMILES string of the molecule is Cn1c(=O)[nH]c2cc(OCN)ccc21. The third-order valence-corrected chi connectivity index (χ3v) is 2.13. The van der Waals surface area contributed by atoms with Crippen molar-refractivity contribution in [2.24, 2.45) is 12.8 Å². The van der Waals surface area contributed by atoms with Crippen molar-refractivity contribution in [3.63, 3.8) is 0 Å². The Kier molecular flexibility index (Phi) is 2.01. The maximum Gasteiger partial charge on any atom is 0.326 e. The summed E-state index contributed by atoms with van der Waals surface area (Å²) in [6, 6.07) is 5.35. The molecule has 0 aliphatic heterocycles. The fourth-order valence-electron chi connectivity index (χ4n) is 1.40. The van der Waals surface area contributed by atoms with E-state index in [-0.39, 0.29) is 12.4 Å². The molecule has 74 valence electrons. The van der Waals surface area contributed by atoms with Crippen LogP contribution in [0.25, 0.3) is 11.0 Å². The molecule has 0 spiro atoms. The van der Waals surface area contributed by atoms with Gasteiger partial charge in [-0.25, -0.2) is 4.79 Å². The van der Waals surface area contributed by atoms with Crippen LogP contribution >= 0.6 is 0 Å². The van der Waals surface area contributed by atoms with Crippen LogP contribution in [-0.2, 0) is 7.05 Å². The van der Waals surface area contributed by atoms with E-state index in [1.807, 2.05) is 6.07 Å². The van der Waals surface area contributed by atoms with Gasteiger partial charge >= 0.3 is 5.69 Å². The number of H-pyrrole nitrogens is 1. The Hall–Kier alpha value is -1.75. The number of aromatic nitrogens is 2. The Morgan fingerprint density at radius 1 is 1.57 bits per heavy atom.